The van der Waals surface area contributed by atoms with Gasteiger partial charge in [-0.3, -0.25) is 9.69 Å². The Bertz CT molecular complexity index is 1060. The van der Waals surface area contributed by atoms with Crippen LogP contribution in [-0.2, 0) is 16.8 Å². The molecule has 8 heteroatoms. The van der Waals surface area contributed by atoms with E-state index < -0.39 is 24.7 Å². The number of aryl methyl sites for hydroxylation is 1. The lowest BCUT2D eigenvalue weighted by Gasteiger charge is -2.27. The van der Waals surface area contributed by atoms with Crippen LogP contribution in [0.2, 0.25) is 0 Å². The van der Waals surface area contributed by atoms with Gasteiger partial charge in [0.25, 0.3) is 5.91 Å². The zero-order valence-electron chi connectivity index (χ0n) is 16.5. The zero-order valence-corrected chi connectivity index (χ0v) is 16.5. The molecule has 0 saturated carbocycles. The summed E-state index contributed by atoms with van der Waals surface area (Å²) in [6.45, 7) is -1.97. The molecule has 0 unspecified atom stereocenters. The minimum atomic E-state index is -2.96. The van der Waals surface area contributed by atoms with Gasteiger partial charge in [0.15, 0.2) is 18.2 Å². The fourth-order valence-corrected chi connectivity index (χ4v) is 3.43. The van der Waals surface area contributed by atoms with Crippen molar-refractivity contribution in [1.29, 1.82) is 0 Å². The summed E-state index contributed by atoms with van der Waals surface area (Å²) in [5.74, 6) is 4.68. The molecule has 0 saturated heterocycles. The van der Waals surface area contributed by atoms with Gasteiger partial charge in [0.05, 0.1) is 0 Å². The lowest BCUT2D eigenvalue weighted by atomic mass is 9.81. The van der Waals surface area contributed by atoms with Crippen LogP contribution in [0.4, 0.5) is 13.2 Å². The van der Waals surface area contributed by atoms with E-state index in [2.05, 4.69) is 21.6 Å². The summed E-state index contributed by atoms with van der Waals surface area (Å²) >= 11 is 0. The summed E-state index contributed by atoms with van der Waals surface area (Å²) in [6, 6.07) is 11.2. The Kier molecular flexibility index (Phi) is 6.01. The highest BCUT2D eigenvalue weighted by atomic mass is 19.3. The minimum absolute atomic E-state index is 0.0196. The van der Waals surface area contributed by atoms with Crippen molar-refractivity contribution in [3.05, 3.63) is 64.7 Å². The summed E-state index contributed by atoms with van der Waals surface area (Å²) in [5, 5.41) is 0. The highest BCUT2D eigenvalue weighted by molar-refractivity contribution is 6.09. The Morgan fingerprint density at radius 3 is 2.57 bits per heavy atom. The first kappa shape index (κ1) is 21.2. The molecule has 0 aromatic heterocycles. The van der Waals surface area contributed by atoms with Gasteiger partial charge in [-0.25, -0.2) is 9.38 Å². The Balaban J connectivity index is 2.22. The molecule has 3 rings (SSSR count). The molecule has 0 radical (unpaired) electrons. The SMILES string of the molecule is CCc1cc([C@@]2(c3cccc(C#CCF)c3)N=C(N)N(C)C2=O)ccc1OC(F)F. The molecule has 156 valence electrons. The number of hydrogen-bond donors (Lipinski definition) is 1. The smallest absolute Gasteiger partial charge is 0.387 e. The van der Waals surface area contributed by atoms with Gasteiger partial charge in [0.1, 0.15) is 5.75 Å². The number of alkyl halides is 3. The van der Waals surface area contributed by atoms with E-state index in [4.69, 9.17) is 5.73 Å². The van der Waals surface area contributed by atoms with Gasteiger partial charge >= 0.3 is 6.61 Å². The van der Waals surface area contributed by atoms with Crippen molar-refractivity contribution in [2.45, 2.75) is 25.5 Å². The van der Waals surface area contributed by atoms with Crippen molar-refractivity contribution in [3.63, 3.8) is 0 Å². The second-order valence-electron chi connectivity index (χ2n) is 6.62. The molecule has 0 fully saturated rings. The first-order chi connectivity index (χ1) is 14.3. The number of guanidine groups is 1. The van der Waals surface area contributed by atoms with Crippen LogP contribution in [0.3, 0.4) is 0 Å². The maximum absolute atomic E-state index is 13.3. The maximum atomic E-state index is 13.3. The average Bonchev–Trinajstić information content (AvgIpc) is 2.97. The van der Waals surface area contributed by atoms with E-state index in [1.54, 1.807) is 37.3 Å². The van der Waals surface area contributed by atoms with Gasteiger partial charge in [-0.1, -0.05) is 37.0 Å². The van der Waals surface area contributed by atoms with Crippen molar-refractivity contribution in [1.82, 2.24) is 4.90 Å². The van der Waals surface area contributed by atoms with Crippen molar-refractivity contribution in [2.24, 2.45) is 10.7 Å². The second kappa shape index (κ2) is 8.49. The number of carbonyl (C=O) groups is 1. The number of nitrogens with two attached hydrogens (primary N) is 1. The van der Waals surface area contributed by atoms with Crippen molar-refractivity contribution in [3.8, 4) is 17.6 Å². The van der Waals surface area contributed by atoms with Crippen LogP contribution < -0.4 is 10.5 Å². The van der Waals surface area contributed by atoms with Crippen LogP contribution >= 0.6 is 0 Å². The molecule has 2 N–H and O–H groups in total. The van der Waals surface area contributed by atoms with E-state index in [0.29, 0.717) is 28.7 Å². The monoisotopic (exact) mass is 415 g/mol. The Hall–Kier alpha value is -3.47. The predicted octanol–water partition coefficient (Wildman–Crippen LogP) is 3.20. The third-order valence-electron chi connectivity index (χ3n) is 4.90. The third-order valence-corrected chi connectivity index (χ3v) is 4.90. The molecule has 2 aromatic carbocycles. The molecule has 2 aromatic rings. The Labute approximate surface area is 172 Å². The summed E-state index contributed by atoms with van der Waals surface area (Å²) < 4.78 is 42.5. The number of aliphatic imine (C=N–C) groups is 1. The van der Waals surface area contributed by atoms with E-state index in [1.165, 1.54) is 24.1 Å². The number of rotatable bonds is 5. The fraction of sp³-hybridized carbons (Fsp3) is 0.273. The number of likely N-dealkylation sites (N-methyl/N-ethyl adjacent to an activating group) is 1. The van der Waals surface area contributed by atoms with Crippen LogP contribution in [-0.4, -0.2) is 37.1 Å². The second-order valence-corrected chi connectivity index (χ2v) is 6.62. The zero-order chi connectivity index (χ0) is 21.9. The van der Waals surface area contributed by atoms with Crippen LogP contribution in [0, 0.1) is 11.8 Å². The largest absolute Gasteiger partial charge is 0.435 e. The van der Waals surface area contributed by atoms with Gasteiger partial charge in [-0.05, 0) is 47.4 Å². The van der Waals surface area contributed by atoms with Crippen LogP contribution in [0.5, 0.6) is 5.75 Å². The standard InChI is InChI=1S/C22H20F3N3O2/c1-3-15-13-17(9-10-18(15)30-20(24)25)22(19(29)28(2)21(26)27-22)16-8-4-6-14(12-16)7-5-11-23/h4,6,8-10,12-13,20H,3,11H2,1-2H3,(H2,26,27)/t22-/m1/s1. The van der Waals surface area contributed by atoms with Crippen molar-refractivity contribution >= 4 is 11.9 Å². The van der Waals surface area contributed by atoms with E-state index in [-0.39, 0.29) is 11.7 Å². The molecule has 0 aliphatic carbocycles. The number of ether oxygens (including phenoxy) is 1. The molecular weight excluding hydrogens is 395 g/mol. The molecule has 1 aliphatic heterocycles. The quantitative estimate of drug-likeness (QED) is 0.763. The molecule has 30 heavy (non-hydrogen) atoms. The van der Waals surface area contributed by atoms with Crippen molar-refractivity contribution < 1.29 is 22.7 Å². The lowest BCUT2D eigenvalue weighted by Crippen LogP contribution is -2.41. The van der Waals surface area contributed by atoms with E-state index in [0.717, 1.165) is 0 Å². The summed E-state index contributed by atoms with van der Waals surface area (Å²) in [5.41, 5.74) is 6.38. The maximum Gasteiger partial charge on any atom is 0.387 e. The molecule has 5 nitrogen and oxygen atoms in total. The number of hydrogen-bond acceptors (Lipinski definition) is 4. The van der Waals surface area contributed by atoms with Crippen LogP contribution in [0.1, 0.15) is 29.2 Å². The fourth-order valence-electron chi connectivity index (χ4n) is 3.43. The van der Waals surface area contributed by atoms with E-state index in [9.17, 15) is 18.0 Å². The van der Waals surface area contributed by atoms with Crippen LogP contribution in [0.15, 0.2) is 47.5 Å². The first-order valence-electron chi connectivity index (χ1n) is 9.20. The van der Waals surface area contributed by atoms with Gasteiger partial charge < -0.3 is 10.5 Å². The van der Waals surface area contributed by atoms with Gasteiger partial charge in [-0.15, -0.1) is 0 Å². The minimum Gasteiger partial charge on any atom is -0.435 e. The van der Waals surface area contributed by atoms with Gasteiger partial charge in [0, 0.05) is 12.6 Å². The molecule has 1 heterocycles. The first-order valence-corrected chi connectivity index (χ1v) is 9.20. The number of nitrogens with zero attached hydrogens (tertiary/aromatic N) is 2. The molecule has 1 amide bonds. The molecule has 0 bridgehead atoms. The highest BCUT2D eigenvalue weighted by Crippen LogP contribution is 2.41. The topological polar surface area (TPSA) is 67.9 Å². The normalized spacial score (nSPS) is 18.3. The summed E-state index contributed by atoms with van der Waals surface area (Å²) in [4.78, 5) is 19.0. The highest BCUT2D eigenvalue weighted by Gasteiger charge is 2.49. The number of carbonyl (C=O) groups excluding carboxylic acids is 1. The number of halogens is 3. The van der Waals surface area contributed by atoms with E-state index >= 15 is 0 Å². The average molecular weight is 415 g/mol. The van der Waals surface area contributed by atoms with Gasteiger partial charge in [-0.2, -0.15) is 8.78 Å². The van der Waals surface area contributed by atoms with E-state index in [1.807, 2.05) is 0 Å². The van der Waals surface area contributed by atoms with Crippen LogP contribution in [0.25, 0.3) is 0 Å². The molecular formula is C22H20F3N3O2. The summed E-state index contributed by atoms with van der Waals surface area (Å²) in [6.07, 6.45) is 0.400. The molecule has 0 spiro atoms. The number of amides is 1. The van der Waals surface area contributed by atoms with Gasteiger partial charge in [0.2, 0.25) is 0 Å². The molecule has 1 aliphatic rings. The Morgan fingerprint density at radius 1 is 1.23 bits per heavy atom. The Morgan fingerprint density at radius 2 is 1.97 bits per heavy atom. The lowest BCUT2D eigenvalue weighted by molar-refractivity contribution is -0.129. The third kappa shape index (κ3) is 3.71. The predicted molar refractivity (Wildman–Crippen MR) is 107 cm³/mol. The molecule has 1 atom stereocenters. The summed E-state index contributed by atoms with van der Waals surface area (Å²) in [7, 11) is 1.50. The van der Waals surface area contributed by atoms with Crippen molar-refractivity contribution in [2.75, 3.05) is 13.7 Å². The number of benzene rings is 2.